The molecule has 1 fully saturated rings. The fraction of sp³-hybridized carbons (Fsp3) is 0.471. The lowest BCUT2D eigenvalue weighted by molar-refractivity contribution is -0.118. The smallest absolute Gasteiger partial charge is 0.253 e. The molecule has 1 aromatic rings. The summed E-state index contributed by atoms with van der Waals surface area (Å²) >= 11 is 3.57. The minimum absolute atomic E-state index is 0.0553. The van der Waals surface area contributed by atoms with Crippen LogP contribution >= 0.6 is 15.9 Å². The Morgan fingerprint density at radius 3 is 2.54 bits per heavy atom. The van der Waals surface area contributed by atoms with Crippen molar-refractivity contribution in [2.75, 3.05) is 11.9 Å². The van der Waals surface area contributed by atoms with Gasteiger partial charge in [0.05, 0.1) is 16.1 Å². The van der Waals surface area contributed by atoms with Crippen LogP contribution in [-0.2, 0) is 9.59 Å². The van der Waals surface area contributed by atoms with Crippen molar-refractivity contribution in [2.24, 2.45) is 11.7 Å². The van der Waals surface area contributed by atoms with Gasteiger partial charge in [-0.15, -0.1) is 0 Å². The number of nitrogens with two attached hydrogens (primary N) is 1. The van der Waals surface area contributed by atoms with E-state index in [1.807, 2.05) is 0 Å². The van der Waals surface area contributed by atoms with Crippen LogP contribution in [0.5, 0.6) is 0 Å². The van der Waals surface area contributed by atoms with E-state index < -0.39 is 11.9 Å². The van der Waals surface area contributed by atoms with Gasteiger partial charge in [0.2, 0.25) is 11.8 Å². The molecule has 3 atom stereocenters. The van der Waals surface area contributed by atoms with Gasteiger partial charge >= 0.3 is 0 Å². The van der Waals surface area contributed by atoms with Crippen LogP contribution in [0, 0.1) is 5.92 Å². The van der Waals surface area contributed by atoms with E-state index in [9.17, 15) is 14.4 Å². The van der Waals surface area contributed by atoms with E-state index in [1.54, 1.807) is 24.3 Å². The lowest BCUT2D eigenvalue weighted by Crippen LogP contribution is -2.42. The number of anilines is 1. The second-order valence-corrected chi connectivity index (χ2v) is 7.54. The number of hydrogen-bond donors (Lipinski definition) is 5. The van der Waals surface area contributed by atoms with Crippen LogP contribution < -0.4 is 27.2 Å². The molecule has 0 aromatic heterocycles. The third kappa shape index (κ3) is 5.03. The Labute approximate surface area is 160 Å². The molecule has 1 aliphatic heterocycles. The number of alkyl halides is 1. The third-order valence-electron chi connectivity index (χ3n) is 4.15. The number of carbonyl (C=O) groups is 3. The Kier molecular flexibility index (Phi) is 7.13. The van der Waals surface area contributed by atoms with E-state index in [4.69, 9.17) is 5.73 Å². The van der Waals surface area contributed by atoms with Crippen molar-refractivity contribution in [2.45, 2.75) is 37.2 Å². The fourth-order valence-corrected chi connectivity index (χ4v) is 3.81. The number of halogens is 1. The topological polar surface area (TPSA) is 125 Å². The van der Waals surface area contributed by atoms with Crippen LogP contribution in [0.4, 0.5) is 5.69 Å². The number of carbonyl (C=O) groups excluding carboxylic acids is 3. The maximum atomic E-state index is 12.6. The number of hydrogen-bond acceptors (Lipinski definition) is 5. The molecule has 3 unspecified atom stereocenters. The van der Waals surface area contributed by atoms with Crippen molar-refractivity contribution in [3.05, 3.63) is 29.8 Å². The Morgan fingerprint density at radius 2 is 1.92 bits per heavy atom. The molecular weight excluding hydrogens is 402 g/mol. The maximum absolute atomic E-state index is 12.6. The molecular formula is C17H24BrN5O3. The van der Waals surface area contributed by atoms with E-state index in [2.05, 4.69) is 51.3 Å². The first-order valence-corrected chi connectivity index (χ1v) is 9.34. The fourth-order valence-electron chi connectivity index (χ4n) is 2.69. The molecule has 3 amide bonds. The van der Waals surface area contributed by atoms with Gasteiger partial charge < -0.3 is 16.4 Å². The zero-order chi connectivity index (χ0) is 19.3. The Morgan fingerprint density at radius 1 is 1.23 bits per heavy atom. The molecule has 1 saturated heterocycles. The number of benzene rings is 1. The predicted octanol–water partition coefficient (Wildman–Crippen LogP) is 0.495. The number of para-hydroxylation sites is 1. The highest BCUT2D eigenvalue weighted by Gasteiger charge is 2.39. The summed E-state index contributed by atoms with van der Waals surface area (Å²) in [7, 11) is 0. The van der Waals surface area contributed by atoms with Gasteiger partial charge in [-0.25, -0.2) is 5.43 Å². The van der Waals surface area contributed by atoms with E-state index in [1.165, 1.54) is 0 Å². The largest absolute Gasteiger partial charge is 0.370 e. The Bertz CT molecular complexity index is 682. The summed E-state index contributed by atoms with van der Waals surface area (Å²) in [6, 6.07) is 6.34. The third-order valence-corrected chi connectivity index (χ3v) is 5.25. The van der Waals surface area contributed by atoms with Gasteiger partial charge in [0.15, 0.2) is 0 Å². The highest BCUT2D eigenvalue weighted by molar-refractivity contribution is 9.09. The Hall–Kier alpha value is -1.97. The second-order valence-electron chi connectivity index (χ2n) is 6.49. The molecule has 0 saturated carbocycles. The van der Waals surface area contributed by atoms with Gasteiger partial charge in [0.1, 0.15) is 6.04 Å². The van der Waals surface area contributed by atoms with Crippen LogP contribution in [0.3, 0.4) is 0 Å². The Balaban J connectivity index is 2.04. The number of primary amides is 1. The number of amides is 3. The number of rotatable bonds is 7. The summed E-state index contributed by atoms with van der Waals surface area (Å²) in [5.41, 5.74) is 11.9. The van der Waals surface area contributed by atoms with Crippen molar-refractivity contribution < 1.29 is 14.4 Å². The molecule has 142 valence electrons. The van der Waals surface area contributed by atoms with Crippen molar-refractivity contribution >= 4 is 39.3 Å². The van der Waals surface area contributed by atoms with Crippen molar-refractivity contribution in [3.63, 3.8) is 0 Å². The zero-order valence-electron chi connectivity index (χ0n) is 14.7. The molecule has 0 bridgehead atoms. The van der Waals surface area contributed by atoms with Crippen molar-refractivity contribution in [3.8, 4) is 0 Å². The molecule has 0 aliphatic carbocycles. The van der Waals surface area contributed by atoms with Gasteiger partial charge in [-0.2, -0.15) is 0 Å². The van der Waals surface area contributed by atoms with E-state index in [0.717, 1.165) is 0 Å². The average molecular weight is 426 g/mol. The van der Waals surface area contributed by atoms with Gasteiger partial charge in [-0.3, -0.25) is 19.8 Å². The summed E-state index contributed by atoms with van der Waals surface area (Å²) in [5, 5.41) is 5.41. The normalized spacial score (nSPS) is 22.2. The molecule has 6 N–H and O–H groups in total. The molecule has 1 heterocycles. The molecule has 0 radical (unpaired) electrons. The summed E-state index contributed by atoms with van der Waals surface area (Å²) in [6.45, 7) is 4.28. The number of nitrogens with one attached hydrogen (secondary N) is 4. The molecule has 1 aliphatic rings. The lowest BCUT2D eigenvalue weighted by atomic mass is 9.99. The van der Waals surface area contributed by atoms with E-state index >= 15 is 0 Å². The van der Waals surface area contributed by atoms with Crippen molar-refractivity contribution in [1.82, 2.24) is 16.2 Å². The van der Waals surface area contributed by atoms with Crippen LogP contribution in [0.15, 0.2) is 24.3 Å². The maximum Gasteiger partial charge on any atom is 0.253 e. The zero-order valence-corrected chi connectivity index (χ0v) is 16.3. The molecule has 26 heavy (non-hydrogen) atoms. The minimum atomic E-state index is -0.491. The summed E-state index contributed by atoms with van der Waals surface area (Å²) in [4.78, 5) is 35.6. The van der Waals surface area contributed by atoms with E-state index in [-0.39, 0.29) is 35.6 Å². The van der Waals surface area contributed by atoms with Gasteiger partial charge in [0.25, 0.3) is 5.91 Å². The summed E-state index contributed by atoms with van der Waals surface area (Å²) < 4.78 is 0. The predicted molar refractivity (Wildman–Crippen MR) is 103 cm³/mol. The molecule has 8 nitrogen and oxygen atoms in total. The van der Waals surface area contributed by atoms with Crippen molar-refractivity contribution in [1.29, 1.82) is 0 Å². The van der Waals surface area contributed by atoms with Gasteiger partial charge in [-0.1, -0.05) is 41.9 Å². The molecule has 2 rings (SSSR count). The quantitative estimate of drug-likeness (QED) is 0.406. The highest BCUT2D eigenvalue weighted by Crippen LogP contribution is 2.23. The SMILES string of the molecule is CC(C)C1NNC(C(=O)Nc2ccccc2C(=O)NCCC(N)=O)C1Br. The van der Waals surface area contributed by atoms with Crippen LogP contribution in [-0.4, -0.2) is 41.2 Å². The monoisotopic (exact) mass is 425 g/mol. The molecule has 0 spiro atoms. The first kappa shape index (κ1) is 20.3. The second kappa shape index (κ2) is 9.11. The van der Waals surface area contributed by atoms with E-state index in [0.29, 0.717) is 17.2 Å². The minimum Gasteiger partial charge on any atom is -0.370 e. The van der Waals surface area contributed by atoms with Gasteiger partial charge in [-0.05, 0) is 18.1 Å². The molecule has 1 aromatic carbocycles. The van der Waals surface area contributed by atoms with Crippen LogP contribution in [0.25, 0.3) is 0 Å². The standard InChI is InChI=1S/C17H24BrN5O3/c1-9(2)14-13(18)15(23-22-14)17(26)21-11-6-4-3-5-10(11)16(25)20-8-7-12(19)24/h3-6,9,13-15,22-23H,7-8H2,1-2H3,(H2,19,24)(H,20,25)(H,21,26). The first-order valence-electron chi connectivity index (χ1n) is 8.42. The average Bonchev–Trinajstić information content (AvgIpc) is 2.96. The number of hydrazine groups is 1. The first-order chi connectivity index (χ1) is 12.3. The summed E-state index contributed by atoms with van der Waals surface area (Å²) in [5.74, 6) is -0.780. The summed E-state index contributed by atoms with van der Waals surface area (Å²) in [6.07, 6.45) is 0.0553. The van der Waals surface area contributed by atoms with Crippen LogP contribution in [0.2, 0.25) is 0 Å². The molecule has 9 heteroatoms. The lowest BCUT2D eigenvalue weighted by Gasteiger charge is -2.20. The van der Waals surface area contributed by atoms with Gasteiger partial charge in [0, 0.05) is 19.0 Å². The van der Waals surface area contributed by atoms with Crippen LogP contribution in [0.1, 0.15) is 30.6 Å². The highest BCUT2D eigenvalue weighted by atomic mass is 79.9.